The van der Waals surface area contributed by atoms with E-state index in [0.29, 0.717) is 17.3 Å². The van der Waals surface area contributed by atoms with Gasteiger partial charge in [-0.2, -0.15) is 0 Å². The third kappa shape index (κ3) is 3.67. The molecule has 2 heterocycles. The molecular formula is C22H18N2O3. The first-order chi connectivity index (χ1) is 13.1. The summed E-state index contributed by atoms with van der Waals surface area (Å²) >= 11 is 0. The number of hydrogen-bond acceptors (Lipinski definition) is 4. The molecule has 0 fully saturated rings. The van der Waals surface area contributed by atoms with Crippen molar-refractivity contribution in [1.82, 2.24) is 4.98 Å². The molecule has 5 nitrogen and oxygen atoms in total. The van der Waals surface area contributed by atoms with E-state index in [9.17, 15) is 4.79 Å². The molecule has 0 saturated carbocycles. The number of oxazole rings is 1. The number of amides is 1. The van der Waals surface area contributed by atoms with Gasteiger partial charge in [0.05, 0.1) is 6.26 Å². The fourth-order valence-electron chi connectivity index (χ4n) is 2.76. The number of fused-ring (bicyclic) bond motifs is 1. The molecule has 0 atom stereocenters. The summed E-state index contributed by atoms with van der Waals surface area (Å²) in [5, 5.41) is 2.83. The Morgan fingerprint density at radius 1 is 1.07 bits per heavy atom. The number of aryl methyl sites for hydroxylation is 2. The molecule has 2 aromatic carbocycles. The van der Waals surface area contributed by atoms with E-state index in [-0.39, 0.29) is 5.91 Å². The van der Waals surface area contributed by atoms with Gasteiger partial charge in [-0.3, -0.25) is 4.79 Å². The van der Waals surface area contributed by atoms with E-state index < -0.39 is 0 Å². The van der Waals surface area contributed by atoms with Crippen molar-refractivity contribution < 1.29 is 13.6 Å². The van der Waals surface area contributed by atoms with Crippen molar-refractivity contribution in [2.75, 3.05) is 5.32 Å². The largest absolute Gasteiger partial charge is 0.465 e. The highest BCUT2D eigenvalue weighted by atomic mass is 16.3. The van der Waals surface area contributed by atoms with Crippen LogP contribution in [-0.2, 0) is 4.79 Å². The van der Waals surface area contributed by atoms with Gasteiger partial charge in [0.15, 0.2) is 5.58 Å². The number of carbonyl (C=O) groups excluding carboxylic acids is 1. The topological polar surface area (TPSA) is 68.3 Å². The molecular weight excluding hydrogens is 340 g/mol. The maximum absolute atomic E-state index is 12.1. The number of furan rings is 1. The second-order valence-corrected chi connectivity index (χ2v) is 6.34. The van der Waals surface area contributed by atoms with E-state index in [2.05, 4.69) is 17.2 Å². The zero-order valence-electron chi connectivity index (χ0n) is 15.0. The summed E-state index contributed by atoms with van der Waals surface area (Å²) < 4.78 is 11.1. The first-order valence-electron chi connectivity index (χ1n) is 8.59. The predicted octanol–water partition coefficient (Wildman–Crippen LogP) is 5.36. The third-order valence-electron chi connectivity index (χ3n) is 4.32. The third-order valence-corrected chi connectivity index (χ3v) is 4.32. The fourth-order valence-corrected chi connectivity index (χ4v) is 2.76. The van der Waals surface area contributed by atoms with Crippen LogP contribution in [-0.4, -0.2) is 10.9 Å². The smallest absolute Gasteiger partial charge is 0.248 e. The normalized spacial score (nSPS) is 11.3. The van der Waals surface area contributed by atoms with Crippen LogP contribution in [0.5, 0.6) is 0 Å². The number of benzene rings is 2. The van der Waals surface area contributed by atoms with E-state index in [0.717, 1.165) is 22.2 Å². The standard InChI is InChI=1S/C22H18N2O3/c1-14-11-19-20(12-15(14)2)27-22(24-19)16-5-3-6-17(13-16)23-21(25)9-8-18-7-4-10-26-18/h3-13H,1-2H3,(H,23,25)/b9-8-. The highest BCUT2D eigenvalue weighted by Gasteiger charge is 2.10. The Hall–Kier alpha value is -3.60. The summed E-state index contributed by atoms with van der Waals surface area (Å²) in [5.74, 6) is 0.903. The van der Waals surface area contributed by atoms with Crippen LogP contribution in [0, 0.1) is 13.8 Å². The molecule has 5 heteroatoms. The maximum atomic E-state index is 12.1. The Morgan fingerprint density at radius 2 is 1.93 bits per heavy atom. The fraction of sp³-hybridized carbons (Fsp3) is 0.0909. The first-order valence-corrected chi connectivity index (χ1v) is 8.59. The van der Waals surface area contributed by atoms with Crippen molar-refractivity contribution in [3.05, 3.63) is 77.8 Å². The molecule has 0 unspecified atom stereocenters. The lowest BCUT2D eigenvalue weighted by Gasteiger charge is -2.03. The van der Waals surface area contributed by atoms with Gasteiger partial charge in [0.25, 0.3) is 0 Å². The minimum absolute atomic E-state index is 0.243. The first kappa shape index (κ1) is 16.8. The van der Waals surface area contributed by atoms with Gasteiger partial charge < -0.3 is 14.2 Å². The number of nitrogens with one attached hydrogen (secondary N) is 1. The van der Waals surface area contributed by atoms with E-state index in [1.165, 1.54) is 11.6 Å². The molecule has 4 aromatic rings. The zero-order valence-corrected chi connectivity index (χ0v) is 15.0. The summed E-state index contributed by atoms with van der Waals surface area (Å²) in [6.07, 6.45) is 4.60. The van der Waals surface area contributed by atoms with Gasteiger partial charge >= 0.3 is 0 Å². The monoisotopic (exact) mass is 358 g/mol. The number of aromatic nitrogens is 1. The van der Waals surface area contributed by atoms with Gasteiger partial charge in [-0.1, -0.05) is 6.07 Å². The minimum Gasteiger partial charge on any atom is -0.465 e. The minimum atomic E-state index is -0.243. The van der Waals surface area contributed by atoms with Crippen LogP contribution < -0.4 is 5.32 Å². The second kappa shape index (κ2) is 6.96. The zero-order chi connectivity index (χ0) is 18.8. The summed E-state index contributed by atoms with van der Waals surface area (Å²) in [4.78, 5) is 16.7. The van der Waals surface area contributed by atoms with Gasteiger partial charge in [-0.05, 0) is 73.5 Å². The average Bonchev–Trinajstić information content (AvgIpc) is 3.30. The van der Waals surface area contributed by atoms with Gasteiger partial charge in [0, 0.05) is 17.3 Å². The van der Waals surface area contributed by atoms with Gasteiger partial charge in [-0.15, -0.1) is 0 Å². The Balaban J connectivity index is 1.56. The lowest BCUT2D eigenvalue weighted by molar-refractivity contribution is -0.111. The molecule has 0 aliphatic rings. The molecule has 0 bridgehead atoms. The predicted molar refractivity (Wildman–Crippen MR) is 105 cm³/mol. The van der Waals surface area contributed by atoms with Crippen LogP contribution in [0.4, 0.5) is 5.69 Å². The second-order valence-electron chi connectivity index (χ2n) is 6.34. The summed E-state index contributed by atoms with van der Waals surface area (Å²) in [6.45, 7) is 4.10. The van der Waals surface area contributed by atoms with Crippen molar-refractivity contribution in [3.63, 3.8) is 0 Å². The van der Waals surface area contributed by atoms with Crippen LogP contribution in [0.3, 0.4) is 0 Å². The maximum Gasteiger partial charge on any atom is 0.248 e. The van der Waals surface area contributed by atoms with Crippen molar-refractivity contribution in [1.29, 1.82) is 0 Å². The van der Waals surface area contributed by atoms with Gasteiger partial charge in [0.2, 0.25) is 11.8 Å². The quantitative estimate of drug-likeness (QED) is 0.499. The lowest BCUT2D eigenvalue weighted by Crippen LogP contribution is -2.07. The Bertz CT molecular complexity index is 1100. The van der Waals surface area contributed by atoms with Crippen LogP contribution in [0.15, 0.2) is 69.7 Å². The Labute approximate surface area is 156 Å². The van der Waals surface area contributed by atoms with E-state index in [4.69, 9.17) is 8.83 Å². The highest BCUT2D eigenvalue weighted by Crippen LogP contribution is 2.27. The van der Waals surface area contributed by atoms with Crippen molar-refractivity contribution >= 4 is 28.8 Å². The Kier molecular flexibility index (Phi) is 4.34. The van der Waals surface area contributed by atoms with Crippen molar-refractivity contribution in [3.8, 4) is 11.5 Å². The molecule has 1 amide bonds. The summed E-state index contributed by atoms with van der Waals surface area (Å²) in [5.41, 5.74) is 5.37. The molecule has 134 valence electrons. The molecule has 0 radical (unpaired) electrons. The van der Waals surface area contributed by atoms with Crippen LogP contribution in [0.25, 0.3) is 28.6 Å². The van der Waals surface area contributed by atoms with Gasteiger partial charge in [-0.25, -0.2) is 4.98 Å². The number of carbonyl (C=O) groups is 1. The summed E-state index contributed by atoms with van der Waals surface area (Å²) in [7, 11) is 0. The van der Waals surface area contributed by atoms with Crippen molar-refractivity contribution in [2.24, 2.45) is 0 Å². The lowest BCUT2D eigenvalue weighted by atomic mass is 10.1. The number of nitrogens with zero attached hydrogens (tertiary/aromatic N) is 1. The Morgan fingerprint density at radius 3 is 2.74 bits per heavy atom. The molecule has 1 N–H and O–H groups in total. The molecule has 0 spiro atoms. The highest BCUT2D eigenvalue weighted by molar-refractivity contribution is 6.02. The molecule has 2 aromatic heterocycles. The van der Waals surface area contributed by atoms with Crippen LogP contribution in [0.2, 0.25) is 0 Å². The average molecular weight is 358 g/mol. The number of anilines is 1. The van der Waals surface area contributed by atoms with Crippen molar-refractivity contribution in [2.45, 2.75) is 13.8 Å². The van der Waals surface area contributed by atoms with Crippen LogP contribution >= 0.6 is 0 Å². The SMILES string of the molecule is Cc1cc2nc(-c3cccc(NC(=O)/C=C\c4ccco4)c3)oc2cc1C. The van der Waals surface area contributed by atoms with E-state index >= 15 is 0 Å². The van der Waals surface area contributed by atoms with Gasteiger partial charge in [0.1, 0.15) is 11.3 Å². The number of rotatable bonds is 4. The molecule has 27 heavy (non-hydrogen) atoms. The molecule has 0 saturated heterocycles. The number of hydrogen-bond donors (Lipinski definition) is 1. The van der Waals surface area contributed by atoms with Crippen LogP contribution in [0.1, 0.15) is 16.9 Å². The molecule has 4 rings (SSSR count). The van der Waals surface area contributed by atoms with E-state index in [1.54, 1.807) is 24.5 Å². The van der Waals surface area contributed by atoms with E-state index in [1.807, 2.05) is 43.3 Å². The summed E-state index contributed by atoms with van der Waals surface area (Å²) in [6, 6.07) is 15.0. The molecule has 0 aliphatic heterocycles. The molecule has 0 aliphatic carbocycles.